The molecule has 1 aromatic carbocycles. The molecule has 10 heteroatoms. The quantitative estimate of drug-likeness (QED) is 0.506. The number of aryl methyl sites for hydroxylation is 2. The molecule has 0 saturated carbocycles. The SMILES string of the molecule is Cc1nnc2sc(CCC(=O)NCCc3ccc([N+](=O)[O-])cc3)nn12. The predicted octanol–water partition coefficient (Wildman–Crippen LogP) is 1.69. The van der Waals surface area contributed by atoms with Gasteiger partial charge in [-0.25, -0.2) is 0 Å². The predicted molar refractivity (Wildman–Crippen MR) is 91.5 cm³/mol. The maximum atomic E-state index is 11.9. The fourth-order valence-electron chi connectivity index (χ4n) is 2.29. The first-order valence-corrected chi connectivity index (χ1v) is 8.52. The van der Waals surface area contributed by atoms with Crippen molar-refractivity contribution < 1.29 is 9.72 Å². The normalized spacial score (nSPS) is 10.9. The molecule has 0 aliphatic carbocycles. The summed E-state index contributed by atoms with van der Waals surface area (Å²) in [6, 6.07) is 6.33. The molecule has 25 heavy (non-hydrogen) atoms. The molecule has 3 rings (SSSR count). The lowest BCUT2D eigenvalue weighted by Crippen LogP contribution is -2.25. The summed E-state index contributed by atoms with van der Waals surface area (Å²) in [6.07, 6.45) is 1.53. The first kappa shape index (κ1) is 17.0. The van der Waals surface area contributed by atoms with E-state index in [4.69, 9.17) is 0 Å². The summed E-state index contributed by atoms with van der Waals surface area (Å²) < 4.78 is 1.67. The molecule has 0 spiro atoms. The van der Waals surface area contributed by atoms with Crippen molar-refractivity contribution in [3.05, 3.63) is 50.8 Å². The molecule has 0 aliphatic heterocycles. The van der Waals surface area contributed by atoms with Crippen LogP contribution in [-0.2, 0) is 17.6 Å². The Kier molecular flexibility index (Phi) is 4.98. The van der Waals surface area contributed by atoms with Crippen LogP contribution < -0.4 is 5.32 Å². The molecule has 0 saturated heterocycles. The van der Waals surface area contributed by atoms with Gasteiger partial charge in [0, 0.05) is 31.5 Å². The molecule has 0 fully saturated rings. The third-order valence-electron chi connectivity index (χ3n) is 3.64. The third kappa shape index (κ3) is 4.15. The van der Waals surface area contributed by atoms with E-state index in [1.165, 1.54) is 23.5 Å². The van der Waals surface area contributed by atoms with Crippen molar-refractivity contribution in [3.63, 3.8) is 0 Å². The lowest BCUT2D eigenvalue weighted by atomic mass is 10.1. The molecule has 3 aromatic rings. The number of carbonyl (C=O) groups excluding carboxylic acids is 1. The van der Waals surface area contributed by atoms with Crippen molar-refractivity contribution in [2.75, 3.05) is 6.54 Å². The van der Waals surface area contributed by atoms with Crippen molar-refractivity contribution in [2.45, 2.75) is 26.2 Å². The van der Waals surface area contributed by atoms with Crippen LogP contribution in [-0.4, -0.2) is 37.2 Å². The number of hydrogen-bond donors (Lipinski definition) is 1. The van der Waals surface area contributed by atoms with Gasteiger partial charge in [0.1, 0.15) is 5.01 Å². The summed E-state index contributed by atoms with van der Waals surface area (Å²) in [5.74, 6) is 0.676. The van der Waals surface area contributed by atoms with Gasteiger partial charge in [-0.1, -0.05) is 23.5 Å². The maximum absolute atomic E-state index is 11.9. The number of rotatable bonds is 7. The standard InChI is InChI=1S/C15H16N6O3S/c1-10-17-18-15-20(10)19-14(25-15)7-6-13(22)16-9-8-11-2-4-12(5-3-11)21(23)24/h2-5H,6-9H2,1H3,(H,16,22). The van der Waals surface area contributed by atoms with Gasteiger partial charge >= 0.3 is 0 Å². The second-order valence-corrected chi connectivity index (χ2v) is 6.50. The number of amides is 1. The molecule has 130 valence electrons. The number of nitro benzene ring substituents is 1. The van der Waals surface area contributed by atoms with Gasteiger partial charge in [-0.3, -0.25) is 14.9 Å². The van der Waals surface area contributed by atoms with Gasteiger partial charge in [0.05, 0.1) is 4.92 Å². The average Bonchev–Trinajstić information content (AvgIpc) is 3.15. The Balaban J connectivity index is 1.42. The molecular formula is C15H16N6O3S. The minimum atomic E-state index is -0.432. The van der Waals surface area contributed by atoms with E-state index in [1.807, 2.05) is 6.92 Å². The zero-order valence-corrected chi connectivity index (χ0v) is 14.3. The van der Waals surface area contributed by atoms with Crippen molar-refractivity contribution >= 4 is 27.9 Å². The summed E-state index contributed by atoms with van der Waals surface area (Å²) in [4.78, 5) is 22.8. The Morgan fingerprint density at radius 2 is 2.04 bits per heavy atom. The van der Waals surface area contributed by atoms with Crippen LogP contribution in [0.15, 0.2) is 24.3 Å². The number of aromatic nitrogens is 4. The van der Waals surface area contributed by atoms with Gasteiger partial charge in [-0.05, 0) is 18.9 Å². The smallest absolute Gasteiger partial charge is 0.269 e. The summed E-state index contributed by atoms with van der Waals surface area (Å²) in [7, 11) is 0. The van der Waals surface area contributed by atoms with E-state index in [1.54, 1.807) is 16.6 Å². The van der Waals surface area contributed by atoms with Crippen molar-refractivity contribution in [2.24, 2.45) is 0 Å². The number of hydrogen-bond acceptors (Lipinski definition) is 7. The van der Waals surface area contributed by atoms with Gasteiger partial charge in [-0.15, -0.1) is 10.2 Å². The first-order chi connectivity index (χ1) is 12.0. The van der Waals surface area contributed by atoms with Crippen LogP contribution in [0.1, 0.15) is 22.8 Å². The molecule has 0 aliphatic rings. The molecule has 1 N–H and O–H groups in total. The Morgan fingerprint density at radius 1 is 1.28 bits per heavy atom. The molecule has 0 radical (unpaired) electrons. The molecule has 0 atom stereocenters. The number of carbonyl (C=O) groups is 1. The van der Waals surface area contributed by atoms with E-state index < -0.39 is 4.92 Å². The zero-order valence-electron chi connectivity index (χ0n) is 13.5. The number of fused-ring (bicyclic) bond motifs is 1. The number of nitrogens with zero attached hydrogens (tertiary/aromatic N) is 5. The third-order valence-corrected chi connectivity index (χ3v) is 4.60. The topological polar surface area (TPSA) is 115 Å². The fraction of sp³-hybridized carbons (Fsp3) is 0.333. The lowest BCUT2D eigenvalue weighted by molar-refractivity contribution is -0.384. The van der Waals surface area contributed by atoms with Gasteiger partial charge < -0.3 is 5.32 Å². The highest BCUT2D eigenvalue weighted by Gasteiger charge is 2.10. The molecule has 9 nitrogen and oxygen atoms in total. The first-order valence-electron chi connectivity index (χ1n) is 7.70. The van der Waals surface area contributed by atoms with Crippen LogP contribution in [0.2, 0.25) is 0 Å². The van der Waals surface area contributed by atoms with E-state index >= 15 is 0 Å². The summed E-state index contributed by atoms with van der Waals surface area (Å²) >= 11 is 1.43. The van der Waals surface area contributed by atoms with Crippen molar-refractivity contribution in [1.82, 2.24) is 25.1 Å². The average molecular weight is 360 g/mol. The molecular weight excluding hydrogens is 344 g/mol. The molecule has 2 heterocycles. The highest BCUT2D eigenvalue weighted by molar-refractivity contribution is 7.16. The van der Waals surface area contributed by atoms with Crippen molar-refractivity contribution in [1.29, 1.82) is 0 Å². The second-order valence-electron chi connectivity index (χ2n) is 5.46. The Hall–Kier alpha value is -2.88. The van der Waals surface area contributed by atoms with E-state index in [9.17, 15) is 14.9 Å². The minimum absolute atomic E-state index is 0.0513. The number of non-ortho nitro benzene ring substituents is 1. The largest absolute Gasteiger partial charge is 0.356 e. The number of nitro groups is 1. The fourth-order valence-corrected chi connectivity index (χ4v) is 3.17. The second kappa shape index (κ2) is 7.34. The summed E-state index contributed by atoms with van der Waals surface area (Å²) in [6.45, 7) is 2.31. The molecule has 2 aromatic heterocycles. The van der Waals surface area contributed by atoms with E-state index in [0.717, 1.165) is 21.4 Å². The van der Waals surface area contributed by atoms with E-state index in [2.05, 4.69) is 20.6 Å². The zero-order chi connectivity index (χ0) is 17.8. The van der Waals surface area contributed by atoms with Crippen LogP contribution >= 0.6 is 11.3 Å². The molecule has 1 amide bonds. The Bertz CT molecular complexity index is 902. The molecule has 0 unspecified atom stereocenters. The van der Waals surface area contributed by atoms with Crippen LogP contribution in [0.3, 0.4) is 0 Å². The van der Waals surface area contributed by atoms with Gasteiger partial charge in [-0.2, -0.15) is 9.61 Å². The minimum Gasteiger partial charge on any atom is -0.356 e. The Morgan fingerprint density at radius 3 is 2.72 bits per heavy atom. The van der Waals surface area contributed by atoms with Gasteiger partial charge in [0.2, 0.25) is 10.9 Å². The number of nitrogens with one attached hydrogen (secondary N) is 1. The highest BCUT2D eigenvalue weighted by atomic mass is 32.1. The summed E-state index contributed by atoms with van der Waals surface area (Å²) in [5.41, 5.74) is 1.00. The van der Waals surface area contributed by atoms with Gasteiger partial charge in [0.25, 0.3) is 5.69 Å². The van der Waals surface area contributed by atoms with Crippen LogP contribution in [0, 0.1) is 17.0 Å². The van der Waals surface area contributed by atoms with Crippen molar-refractivity contribution in [3.8, 4) is 0 Å². The van der Waals surface area contributed by atoms with E-state index in [0.29, 0.717) is 25.8 Å². The highest BCUT2D eigenvalue weighted by Crippen LogP contribution is 2.15. The van der Waals surface area contributed by atoms with Gasteiger partial charge in [0.15, 0.2) is 5.82 Å². The monoisotopic (exact) mass is 360 g/mol. The van der Waals surface area contributed by atoms with Crippen LogP contribution in [0.4, 0.5) is 5.69 Å². The Labute approximate surface area is 146 Å². The summed E-state index contributed by atoms with van der Waals surface area (Å²) in [5, 5.41) is 26.6. The number of benzene rings is 1. The van der Waals surface area contributed by atoms with Crippen LogP contribution in [0.25, 0.3) is 4.96 Å². The lowest BCUT2D eigenvalue weighted by Gasteiger charge is -2.04. The van der Waals surface area contributed by atoms with Crippen LogP contribution in [0.5, 0.6) is 0 Å². The molecule has 0 bridgehead atoms. The van der Waals surface area contributed by atoms with E-state index in [-0.39, 0.29) is 11.6 Å². The maximum Gasteiger partial charge on any atom is 0.269 e.